The summed E-state index contributed by atoms with van der Waals surface area (Å²) < 4.78 is 0.971. The first-order valence-corrected chi connectivity index (χ1v) is 11.7. The predicted molar refractivity (Wildman–Crippen MR) is 125 cm³/mol. The van der Waals surface area contributed by atoms with Crippen LogP contribution in [0.4, 0.5) is 17.1 Å². The maximum atomic E-state index is 12.8. The molecular formula is C22H22N4O3S2. The van der Waals surface area contributed by atoms with E-state index in [2.05, 4.69) is 10.3 Å². The number of nitro groups is 1. The Hall–Kier alpha value is -2.91. The number of hydrogen-bond donors (Lipinski definition) is 1. The van der Waals surface area contributed by atoms with Crippen molar-refractivity contribution in [2.45, 2.75) is 35.9 Å². The normalized spacial score (nSPS) is 13.4. The molecule has 9 heteroatoms. The van der Waals surface area contributed by atoms with Gasteiger partial charge >= 0.3 is 0 Å². The molecule has 1 amide bonds. The number of anilines is 2. The number of thiazole rings is 1. The Morgan fingerprint density at radius 2 is 1.97 bits per heavy atom. The molecule has 2 heterocycles. The monoisotopic (exact) mass is 454 g/mol. The zero-order valence-corrected chi connectivity index (χ0v) is 18.9. The van der Waals surface area contributed by atoms with Crippen molar-refractivity contribution in [1.29, 1.82) is 0 Å². The molecule has 160 valence electrons. The van der Waals surface area contributed by atoms with Gasteiger partial charge in [-0.1, -0.05) is 11.8 Å². The van der Waals surface area contributed by atoms with Crippen molar-refractivity contribution < 1.29 is 9.72 Å². The molecule has 4 rings (SSSR count). The van der Waals surface area contributed by atoms with Gasteiger partial charge in [-0.05, 0) is 62.6 Å². The van der Waals surface area contributed by atoms with E-state index in [9.17, 15) is 14.9 Å². The number of rotatable bonds is 6. The van der Waals surface area contributed by atoms with Crippen molar-refractivity contribution in [3.05, 3.63) is 68.7 Å². The van der Waals surface area contributed by atoms with Gasteiger partial charge < -0.3 is 10.2 Å². The van der Waals surface area contributed by atoms with Crippen LogP contribution in [0.15, 0.2) is 51.0 Å². The number of amides is 1. The number of carbonyl (C=O) groups excluding carboxylic acids is 1. The molecule has 1 fully saturated rings. The van der Waals surface area contributed by atoms with Crippen LogP contribution in [0.1, 0.15) is 34.5 Å². The molecule has 0 spiro atoms. The first kappa shape index (κ1) is 21.3. The molecular weight excluding hydrogens is 432 g/mol. The fourth-order valence-corrected chi connectivity index (χ4v) is 5.46. The van der Waals surface area contributed by atoms with E-state index >= 15 is 0 Å². The lowest BCUT2D eigenvalue weighted by molar-refractivity contribution is -0.384. The van der Waals surface area contributed by atoms with Crippen molar-refractivity contribution in [3.8, 4) is 0 Å². The number of hydrogen-bond acceptors (Lipinski definition) is 7. The summed E-state index contributed by atoms with van der Waals surface area (Å²) in [5.74, 6) is -0.366. The predicted octanol–water partition coefficient (Wildman–Crippen LogP) is 5.67. The smallest absolute Gasteiger partial charge is 0.293 e. The molecule has 1 aliphatic rings. The van der Waals surface area contributed by atoms with Crippen LogP contribution in [0.2, 0.25) is 0 Å². The summed E-state index contributed by atoms with van der Waals surface area (Å²) in [6.07, 6.45) is 2.05. The van der Waals surface area contributed by atoms with E-state index in [1.165, 1.54) is 6.07 Å². The van der Waals surface area contributed by atoms with Crippen LogP contribution in [0.5, 0.6) is 0 Å². The molecule has 2 aromatic carbocycles. The minimum atomic E-state index is -0.415. The number of nitrogens with zero attached hydrogens (tertiary/aromatic N) is 3. The van der Waals surface area contributed by atoms with Crippen LogP contribution in [0.3, 0.4) is 0 Å². The molecule has 7 nitrogen and oxygen atoms in total. The number of benzene rings is 2. The Morgan fingerprint density at radius 1 is 1.19 bits per heavy atom. The lowest BCUT2D eigenvalue weighted by Crippen LogP contribution is -2.20. The highest BCUT2D eigenvalue weighted by Crippen LogP contribution is 2.34. The molecule has 31 heavy (non-hydrogen) atoms. The van der Waals surface area contributed by atoms with Gasteiger partial charge in [0, 0.05) is 46.4 Å². The van der Waals surface area contributed by atoms with Gasteiger partial charge in [-0.15, -0.1) is 11.3 Å². The summed E-state index contributed by atoms with van der Waals surface area (Å²) in [4.78, 5) is 31.5. The second-order valence-electron chi connectivity index (χ2n) is 7.44. The Balaban J connectivity index is 1.51. The molecule has 0 saturated carbocycles. The zero-order valence-electron chi connectivity index (χ0n) is 17.3. The molecule has 0 radical (unpaired) electrons. The van der Waals surface area contributed by atoms with E-state index in [1.807, 2.05) is 42.3 Å². The number of aromatic nitrogens is 1. The summed E-state index contributed by atoms with van der Waals surface area (Å²) in [5.41, 5.74) is 3.40. The molecule has 0 unspecified atom stereocenters. The van der Waals surface area contributed by atoms with Gasteiger partial charge in [-0.25, -0.2) is 4.98 Å². The van der Waals surface area contributed by atoms with Crippen LogP contribution in [-0.2, 0) is 0 Å². The first-order chi connectivity index (χ1) is 14.9. The van der Waals surface area contributed by atoms with Gasteiger partial charge in [-0.2, -0.15) is 0 Å². The highest BCUT2D eigenvalue weighted by Gasteiger charge is 2.24. The van der Waals surface area contributed by atoms with Gasteiger partial charge in [0.2, 0.25) is 0 Å². The molecule has 0 bridgehead atoms. The lowest BCUT2D eigenvalue weighted by Gasteiger charge is -2.18. The van der Waals surface area contributed by atoms with Crippen molar-refractivity contribution in [1.82, 2.24) is 4.98 Å². The molecule has 0 atom stereocenters. The highest BCUT2D eigenvalue weighted by atomic mass is 32.2. The Labute approximate surface area is 188 Å². The third-order valence-electron chi connectivity index (χ3n) is 5.13. The fraction of sp³-hybridized carbons (Fsp3) is 0.273. The van der Waals surface area contributed by atoms with E-state index in [1.54, 1.807) is 35.2 Å². The van der Waals surface area contributed by atoms with Crippen molar-refractivity contribution in [2.24, 2.45) is 0 Å². The SMILES string of the molecule is Cc1csc(Sc2ccc(NC(=O)c3ccc(N4CCCC4)c([N+](=O)[O-])c3)c(C)c2)n1. The molecule has 1 aromatic heterocycles. The number of aryl methyl sites for hydroxylation is 2. The van der Waals surface area contributed by atoms with Crippen molar-refractivity contribution >= 4 is 46.1 Å². The van der Waals surface area contributed by atoms with E-state index in [4.69, 9.17) is 0 Å². The van der Waals surface area contributed by atoms with Crippen LogP contribution < -0.4 is 10.2 Å². The summed E-state index contributed by atoms with van der Waals surface area (Å²) in [7, 11) is 0. The minimum Gasteiger partial charge on any atom is -0.366 e. The third-order valence-corrected chi connectivity index (χ3v) is 7.18. The molecule has 1 saturated heterocycles. The van der Waals surface area contributed by atoms with Crippen LogP contribution in [0, 0.1) is 24.0 Å². The fourth-order valence-electron chi connectivity index (χ4n) is 3.55. The third kappa shape index (κ3) is 4.88. The number of nitrogens with one attached hydrogen (secondary N) is 1. The molecule has 3 aromatic rings. The minimum absolute atomic E-state index is 0.0308. The van der Waals surface area contributed by atoms with E-state index in [0.717, 1.165) is 46.4 Å². The average Bonchev–Trinajstić information content (AvgIpc) is 3.41. The van der Waals surface area contributed by atoms with Gasteiger partial charge in [0.05, 0.1) is 4.92 Å². The number of carbonyl (C=O) groups is 1. The Morgan fingerprint density at radius 3 is 2.61 bits per heavy atom. The Bertz CT molecular complexity index is 1140. The largest absolute Gasteiger partial charge is 0.366 e. The van der Waals surface area contributed by atoms with Crippen molar-refractivity contribution in [3.63, 3.8) is 0 Å². The second kappa shape index (κ2) is 9.07. The van der Waals surface area contributed by atoms with Gasteiger partial charge in [0.1, 0.15) is 5.69 Å². The maximum absolute atomic E-state index is 12.8. The molecule has 1 aliphatic heterocycles. The van der Waals surface area contributed by atoms with E-state index in [0.29, 0.717) is 11.4 Å². The van der Waals surface area contributed by atoms with Crippen LogP contribution in [-0.4, -0.2) is 28.9 Å². The number of nitro benzene ring substituents is 1. The summed E-state index contributed by atoms with van der Waals surface area (Å²) >= 11 is 3.18. The van der Waals surface area contributed by atoms with Gasteiger partial charge in [-0.3, -0.25) is 14.9 Å². The summed E-state index contributed by atoms with van der Waals surface area (Å²) in [6.45, 7) is 5.49. The standard InChI is InChI=1S/C22H22N4O3S2/c1-14-11-17(31-22-23-15(2)13-30-22)6-7-18(14)24-21(27)16-5-8-19(20(12-16)26(28)29)25-9-3-4-10-25/h5-8,11-13H,3-4,9-10H2,1-2H3,(H,24,27). The summed E-state index contributed by atoms with van der Waals surface area (Å²) in [5, 5.41) is 16.5. The summed E-state index contributed by atoms with van der Waals surface area (Å²) in [6, 6.07) is 10.5. The van der Waals surface area contributed by atoms with Gasteiger partial charge in [0.15, 0.2) is 4.34 Å². The zero-order chi connectivity index (χ0) is 22.0. The van der Waals surface area contributed by atoms with Crippen LogP contribution in [0.25, 0.3) is 0 Å². The van der Waals surface area contributed by atoms with Crippen LogP contribution >= 0.6 is 23.1 Å². The topological polar surface area (TPSA) is 88.4 Å². The van der Waals surface area contributed by atoms with E-state index in [-0.39, 0.29) is 17.2 Å². The Kier molecular flexibility index (Phi) is 6.24. The maximum Gasteiger partial charge on any atom is 0.293 e. The quantitative estimate of drug-likeness (QED) is 0.381. The van der Waals surface area contributed by atoms with E-state index < -0.39 is 4.92 Å². The first-order valence-electron chi connectivity index (χ1n) is 9.96. The van der Waals surface area contributed by atoms with Crippen molar-refractivity contribution in [2.75, 3.05) is 23.3 Å². The highest BCUT2D eigenvalue weighted by molar-refractivity contribution is 8.01. The average molecular weight is 455 g/mol. The molecule has 1 N–H and O–H groups in total. The second-order valence-corrected chi connectivity index (χ2v) is 9.62. The molecule has 0 aliphatic carbocycles. The lowest BCUT2D eigenvalue weighted by atomic mass is 10.1. The van der Waals surface area contributed by atoms with Gasteiger partial charge in [0.25, 0.3) is 11.6 Å².